The van der Waals surface area contributed by atoms with Crippen LogP contribution in [0.25, 0.3) is 10.9 Å². The van der Waals surface area contributed by atoms with Crippen LogP contribution in [-0.4, -0.2) is 40.5 Å². The van der Waals surface area contributed by atoms with Crippen LogP contribution in [0.2, 0.25) is 0 Å². The first-order chi connectivity index (χ1) is 14.1. The highest BCUT2D eigenvalue weighted by Gasteiger charge is 2.39. The Kier molecular flexibility index (Phi) is 4.94. The monoisotopic (exact) mass is 393 g/mol. The maximum absolute atomic E-state index is 13.1. The van der Waals surface area contributed by atoms with E-state index in [9.17, 15) is 9.59 Å². The van der Waals surface area contributed by atoms with Gasteiger partial charge in [0.15, 0.2) is 0 Å². The van der Waals surface area contributed by atoms with Crippen molar-refractivity contribution < 1.29 is 4.79 Å². The minimum absolute atomic E-state index is 0.142. The van der Waals surface area contributed by atoms with E-state index in [1.165, 1.54) is 38.5 Å². The molecule has 3 aliphatic rings. The number of nitrogens with one attached hydrogen (secondary N) is 1. The molecule has 0 radical (unpaired) electrons. The summed E-state index contributed by atoms with van der Waals surface area (Å²) in [6.45, 7) is 0.888. The molecule has 5 heteroatoms. The van der Waals surface area contributed by atoms with Gasteiger partial charge in [0.2, 0.25) is 5.43 Å². The van der Waals surface area contributed by atoms with E-state index in [1.54, 1.807) is 0 Å². The van der Waals surface area contributed by atoms with Crippen molar-refractivity contribution in [1.29, 1.82) is 0 Å². The number of aromatic nitrogens is 1. The largest absolute Gasteiger partial charge is 0.349 e. The SMILES string of the molecule is CN1C2CCC1CC(NC(=O)c1cn(CC3CCCC3)c3ccccc3c1=O)C2. The van der Waals surface area contributed by atoms with Crippen LogP contribution in [0.3, 0.4) is 0 Å². The van der Waals surface area contributed by atoms with Crippen molar-refractivity contribution in [2.24, 2.45) is 5.92 Å². The van der Waals surface area contributed by atoms with Crippen LogP contribution in [0.15, 0.2) is 35.3 Å². The number of piperidine rings is 1. The van der Waals surface area contributed by atoms with Crippen LogP contribution in [-0.2, 0) is 6.54 Å². The summed E-state index contributed by atoms with van der Waals surface area (Å²) in [6.07, 6.45) is 11.3. The Hall–Kier alpha value is -2.14. The molecule has 5 rings (SSSR count). The third-order valence-corrected chi connectivity index (χ3v) is 7.60. The van der Waals surface area contributed by atoms with E-state index in [1.807, 2.05) is 30.5 Å². The molecule has 2 bridgehead atoms. The van der Waals surface area contributed by atoms with Gasteiger partial charge in [-0.3, -0.25) is 9.59 Å². The first-order valence-electron chi connectivity index (χ1n) is 11.2. The molecule has 0 spiro atoms. The number of para-hydroxylation sites is 1. The lowest BCUT2D eigenvalue weighted by Gasteiger charge is -2.36. The summed E-state index contributed by atoms with van der Waals surface area (Å²) in [7, 11) is 2.20. The number of hydrogen-bond donors (Lipinski definition) is 1. The molecule has 1 aromatic heterocycles. The summed E-state index contributed by atoms with van der Waals surface area (Å²) in [5, 5.41) is 3.86. The molecule has 2 unspecified atom stereocenters. The van der Waals surface area contributed by atoms with Crippen LogP contribution >= 0.6 is 0 Å². The smallest absolute Gasteiger partial charge is 0.256 e. The highest BCUT2D eigenvalue weighted by atomic mass is 16.2. The summed E-state index contributed by atoms with van der Waals surface area (Å²) in [6, 6.07) is 9.02. The van der Waals surface area contributed by atoms with Crippen molar-refractivity contribution in [1.82, 2.24) is 14.8 Å². The lowest BCUT2D eigenvalue weighted by molar-refractivity contribution is 0.0881. The van der Waals surface area contributed by atoms with Gasteiger partial charge in [-0.25, -0.2) is 0 Å². The summed E-state index contributed by atoms with van der Waals surface area (Å²) in [4.78, 5) is 28.7. The molecule has 1 N–H and O–H groups in total. The Balaban J connectivity index is 1.43. The number of nitrogens with zero attached hydrogens (tertiary/aromatic N) is 2. The van der Waals surface area contributed by atoms with Gasteiger partial charge in [-0.15, -0.1) is 0 Å². The molecule has 1 aliphatic carbocycles. The molecule has 1 aromatic carbocycles. The number of amides is 1. The van der Waals surface area contributed by atoms with Crippen molar-refractivity contribution in [3.05, 3.63) is 46.2 Å². The predicted octanol–water partition coefficient (Wildman–Crippen LogP) is 3.55. The Morgan fingerprint density at radius 2 is 1.76 bits per heavy atom. The lowest BCUT2D eigenvalue weighted by Crippen LogP contribution is -2.49. The first-order valence-corrected chi connectivity index (χ1v) is 11.2. The number of benzene rings is 1. The highest BCUT2D eigenvalue weighted by Crippen LogP contribution is 2.34. The van der Waals surface area contributed by atoms with E-state index >= 15 is 0 Å². The number of fused-ring (bicyclic) bond motifs is 3. The fraction of sp³-hybridized carbons (Fsp3) is 0.583. The second kappa shape index (κ2) is 7.60. The first kappa shape index (κ1) is 18.9. The molecular formula is C24H31N3O2. The molecule has 29 heavy (non-hydrogen) atoms. The number of carbonyl (C=O) groups is 1. The molecule has 3 heterocycles. The zero-order valence-corrected chi connectivity index (χ0v) is 17.3. The second-order valence-electron chi connectivity index (χ2n) is 9.38. The van der Waals surface area contributed by atoms with Crippen molar-refractivity contribution in [2.75, 3.05) is 7.05 Å². The average molecular weight is 394 g/mol. The van der Waals surface area contributed by atoms with Gasteiger partial charge in [0.05, 0.1) is 5.52 Å². The number of pyridine rings is 1. The molecule has 5 nitrogen and oxygen atoms in total. The van der Waals surface area contributed by atoms with E-state index in [4.69, 9.17) is 0 Å². The van der Waals surface area contributed by atoms with Crippen molar-refractivity contribution in [3.8, 4) is 0 Å². The molecule has 2 aliphatic heterocycles. The second-order valence-corrected chi connectivity index (χ2v) is 9.38. The minimum atomic E-state index is -0.199. The molecule has 2 aromatic rings. The fourth-order valence-electron chi connectivity index (χ4n) is 5.92. The van der Waals surface area contributed by atoms with Crippen LogP contribution in [0, 0.1) is 5.92 Å². The lowest BCUT2D eigenvalue weighted by atomic mass is 9.97. The summed E-state index contributed by atoms with van der Waals surface area (Å²) < 4.78 is 2.15. The van der Waals surface area contributed by atoms with Crippen LogP contribution < -0.4 is 10.7 Å². The Morgan fingerprint density at radius 1 is 1.07 bits per heavy atom. The van der Waals surface area contributed by atoms with Crippen LogP contribution in [0.1, 0.15) is 61.7 Å². The zero-order valence-electron chi connectivity index (χ0n) is 17.3. The van der Waals surface area contributed by atoms with Crippen LogP contribution in [0.5, 0.6) is 0 Å². The van der Waals surface area contributed by atoms with E-state index < -0.39 is 0 Å². The van der Waals surface area contributed by atoms with Crippen molar-refractivity contribution >= 4 is 16.8 Å². The summed E-state index contributed by atoms with van der Waals surface area (Å²) in [5.41, 5.74) is 1.10. The molecule has 154 valence electrons. The highest BCUT2D eigenvalue weighted by molar-refractivity contribution is 5.97. The zero-order chi connectivity index (χ0) is 20.0. The van der Waals surface area contributed by atoms with E-state index in [-0.39, 0.29) is 17.4 Å². The third kappa shape index (κ3) is 3.50. The van der Waals surface area contributed by atoms with Gasteiger partial charge in [0.25, 0.3) is 5.91 Å². The van der Waals surface area contributed by atoms with E-state index in [2.05, 4.69) is 21.8 Å². The normalized spacial score (nSPS) is 27.6. The summed E-state index contributed by atoms with van der Waals surface area (Å²) in [5.74, 6) is 0.441. The van der Waals surface area contributed by atoms with Gasteiger partial charge in [0, 0.05) is 36.3 Å². The topological polar surface area (TPSA) is 54.3 Å². The van der Waals surface area contributed by atoms with Gasteiger partial charge in [-0.1, -0.05) is 25.0 Å². The fourth-order valence-corrected chi connectivity index (χ4v) is 5.92. The minimum Gasteiger partial charge on any atom is -0.349 e. The van der Waals surface area contributed by atoms with Gasteiger partial charge >= 0.3 is 0 Å². The predicted molar refractivity (Wildman–Crippen MR) is 115 cm³/mol. The summed E-state index contributed by atoms with van der Waals surface area (Å²) >= 11 is 0. The van der Waals surface area contributed by atoms with Crippen molar-refractivity contribution in [2.45, 2.75) is 76.0 Å². The molecule has 3 fully saturated rings. The number of hydrogen-bond acceptors (Lipinski definition) is 3. The number of rotatable bonds is 4. The Labute approximate surface area is 172 Å². The molecular weight excluding hydrogens is 362 g/mol. The molecule has 2 saturated heterocycles. The molecule has 2 atom stereocenters. The van der Waals surface area contributed by atoms with E-state index in [0.29, 0.717) is 29.0 Å². The molecule has 1 saturated carbocycles. The Bertz CT molecular complexity index is 962. The van der Waals surface area contributed by atoms with Gasteiger partial charge in [0.1, 0.15) is 5.56 Å². The van der Waals surface area contributed by atoms with Gasteiger partial charge in [-0.05, 0) is 63.6 Å². The van der Waals surface area contributed by atoms with E-state index in [0.717, 1.165) is 24.9 Å². The maximum atomic E-state index is 13.1. The van der Waals surface area contributed by atoms with Gasteiger partial charge < -0.3 is 14.8 Å². The third-order valence-electron chi connectivity index (χ3n) is 7.60. The Morgan fingerprint density at radius 3 is 2.48 bits per heavy atom. The quantitative estimate of drug-likeness (QED) is 0.864. The number of carbonyl (C=O) groups excluding carboxylic acids is 1. The van der Waals surface area contributed by atoms with Crippen molar-refractivity contribution in [3.63, 3.8) is 0 Å². The average Bonchev–Trinajstić information content (AvgIpc) is 3.29. The maximum Gasteiger partial charge on any atom is 0.256 e. The molecule has 1 amide bonds. The van der Waals surface area contributed by atoms with Crippen LogP contribution in [0.4, 0.5) is 0 Å². The van der Waals surface area contributed by atoms with Gasteiger partial charge in [-0.2, -0.15) is 0 Å². The standard InChI is InChI=1S/C24H31N3O2/c1-26-18-10-11-19(26)13-17(12-18)25-24(29)21-15-27(14-16-6-2-3-7-16)22-9-5-4-8-20(22)23(21)28/h4-5,8-9,15-19H,2-3,6-7,10-14H2,1H3,(H,25,29).